The van der Waals surface area contributed by atoms with Crippen molar-refractivity contribution in [2.45, 2.75) is 12.1 Å². The van der Waals surface area contributed by atoms with Crippen molar-refractivity contribution in [1.82, 2.24) is 9.80 Å². The van der Waals surface area contributed by atoms with Gasteiger partial charge in [0.25, 0.3) is 5.91 Å². The highest BCUT2D eigenvalue weighted by Crippen LogP contribution is 2.25. The fourth-order valence-electron chi connectivity index (χ4n) is 2.90. The summed E-state index contributed by atoms with van der Waals surface area (Å²) in [5.74, 6) is -4.56. The minimum atomic E-state index is -1.44. The van der Waals surface area contributed by atoms with Crippen molar-refractivity contribution in [3.63, 3.8) is 0 Å². The zero-order valence-electron chi connectivity index (χ0n) is 11.5. The standard InChI is InChI=1S/C14H15F3N2O2/c1-18-4-5-21-11-7-19(6-10(11)18)14(20)12-8(15)2-3-9(16)13(12)17/h2-3,10-11H,4-7H2,1H3/t10-,11-/m0/s1. The lowest BCUT2D eigenvalue weighted by Gasteiger charge is -2.33. The molecule has 3 rings (SSSR count). The normalized spacial score (nSPS) is 26.0. The summed E-state index contributed by atoms with van der Waals surface area (Å²) < 4.78 is 46.2. The zero-order chi connectivity index (χ0) is 15.1. The summed E-state index contributed by atoms with van der Waals surface area (Å²) in [6.45, 7) is 1.87. The highest BCUT2D eigenvalue weighted by atomic mass is 19.2. The number of fused-ring (bicyclic) bond motifs is 1. The zero-order valence-corrected chi connectivity index (χ0v) is 11.5. The van der Waals surface area contributed by atoms with Gasteiger partial charge in [0, 0.05) is 19.6 Å². The van der Waals surface area contributed by atoms with Gasteiger partial charge in [-0.2, -0.15) is 0 Å². The number of ether oxygens (including phenoxy) is 1. The molecular weight excluding hydrogens is 285 g/mol. The molecule has 0 aromatic heterocycles. The lowest BCUT2D eigenvalue weighted by molar-refractivity contribution is -0.0368. The molecule has 2 aliphatic heterocycles. The number of carbonyl (C=O) groups is 1. The third-order valence-corrected chi connectivity index (χ3v) is 4.12. The van der Waals surface area contributed by atoms with Gasteiger partial charge in [-0.15, -0.1) is 0 Å². The van der Waals surface area contributed by atoms with E-state index in [1.165, 1.54) is 4.90 Å². The van der Waals surface area contributed by atoms with Gasteiger partial charge in [-0.1, -0.05) is 0 Å². The van der Waals surface area contributed by atoms with E-state index in [4.69, 9.17) is 4.74 Å². The molecule has 4 nitrogen and oxygen atoms in total. The highest BCUT2D eigenvalue weighted by molar-refractivity contribution is 5.95. The van der Waals surface area contributed by atoms with Crippen molar-refractivity contribution in [3.8, 4) is 0 Å². The first-order valence-electron chi connectivity index (χ1n) is 6.73. The number of likely N-dealkylation sites (N-methyl/N-ethyl adjacent to an activating group) is 1. The molecule has 2 fully saturated rings. The van der Waals surface area contributed by atoms with Crippen LogP contribution in [0.15, 0.2) is 12.1 Å². The molecule has 1 aromatic rings. The Balaban J connectivity index is 1.86. The second kappa shape index (κ2) is 5.31. The number of likely N-dealkylation sites (tertiary alicyclic amines) is 1. The molecule has 0 bridgehead atoms. The largest absolute Gasteiger partial charge is 0.373 e. The lowest BCUT2D eigenvalue weighted by Crippen LogP contribution is -2.48. The lowest BCUT2D eigenvalue weighted by atomic mass is 10.1. The number of amides is 1. The van der Waals surface area contributed by atoms with Gasteiger partial charge in [0.15, 0.2) is 11.6 Å². The smallest absolute Gasteiger partial charge is 0.260 e. The fourth-order valence-corrected chi connectivity index (χ4v) is 2.90. The summed E-state index contributed by atoms with van der Waals surface area (Å²) in [6, 6.07) is 1.43. The third kappa shape index (κ3) is 2.40. The van der Waals surface area contributed by atoms with Crippen LogP contribution in [0.3, 0.4) is 0 Å². The van der Waals surface area contributed by atoms with E-state index in [2.05, 4.69) is 4.90 Å². The van der Waals surface area contributed by atoms with E-state index in [0.717, 1.165) is 12.6 Å². The number of morpholine rings is 1. The molecule has 0 spiro atoms. The number of halogens is 3. The number of rotatable bonds is 1. The summed E-state index contributed by atoms with van der Waals surface area (Å²) in [5.41, 5.74) is -0.837. The summed E-state index contributed by atoms with van der Waals surface area (Å²) in [5, 5.41) is 0. The van der Waals surface area contributed by atoms with Gasteiger partial charge in [0.2, 0.25) is 0 Å². The Morgan fingerprint density at radius 1 is 1.24 bits per heavy atom. The number of nitrogens with zero attached hydrogens (tertiary/aromatic N) is 2. The minimum Gasteiger partial charge on any atom is -0.373 e. The van der Waals surface area contributed by atoms with Crippen LogP contribution in [0.1, 0.15) is 10.4 Å². The van der Waals surface area contributed by atoms with Crippen LogP contribution in [-0.4, -0.2) is 61.1 Å². The van der Waals surface area contributed by atoms with Crippen LogP contribution in [0.5, 0.6) is 0 Å². The first-order valence-corrected chi connectivity index (χ1v) is 6.73. The van der Waals surface area contributed by atoms with Crippen molar-refractivity contribution in [2.75, 3.05) is 33.3 Å². The van der Waals surface area contributed by atoms with E-state index >= 15 is 0 Å². The highest BCUT2D eigenvalue weighted by Gasteiger charge is 2.41. The van der Waals surface area contributed by atoms with Crippen molar-refractivity contribution < 1.29 is 22.7 Å². The van der Waals surface area contributed by atoms with Crippen LogP contribution in [-0.2, 0) is 4.74 Å². The maximum atomic E-state index is 13.7. The molecule has 114 valence electrons. The molecule has 21 heavy (non-hydrogen) atoms. The van der Waals surface area contributed by atoms with Gasteiger partial charge in [-0.05, 0) is 19.2 Å². The minimum absolute atomic E-state index is 0.00221. The van der Waals surface area contributed by atoms with Crippen LogP contribution in [0.4, 0.5) is 13.2 Å². The third-order valence-electron chi connectivity index (χ3n) is 4.12. The quantitative estimate of drug-likeness (QED) is 0.732. The molecule has 2 heterocycles. The topological polar surface area (TPSA) is 32.8 Å². The Labute approximate surface area is 120 Å². The Bertz CT molecular complexity index is 582. The van der Waals surface area contributed by atoms with Gasteiger partial charge in [0.05, 0.1) is 18.8 Å². The van der Waals surface area contributed by atoms with Gasteiger partial charge < -0.3 is 9.64 Å². The molecule has 0 N–H and O–H groups in total. The van der Waals surface area contributed by atoms with Crippen molar-refractivity contribution in [1.29, 1.82) is 0 Å². The van der Waals surface area contributed by atoms with Crippen LogP contribution >= 0.6 is 0 Å². The molecule has 1 aromatic carbocycles. The van der Waals surface area contributed by atoms with Gasteiger partial charge >= 0.3 is 0 Å². The molecular formula is C14H15F3N2O2. The Morgan fingerprint density at radius 3 is 2.67 bits per heavy atom. The Kier molecular flexibility index (Phi) is 3.62. The molecule has 0 aliphatic carbocycles. The molecule has 2 atom stereocenters. The Morgan fingerprint density at radius 2 is 1.95 bits per heavy atom. The van der Waals surface area contributed by atoms with Gasteiger partial charge in [0.1, 0.15) is 11.4 Å². The number of benzene rings is 1. The van der Waals surface area contributed by atoms with E-state index in [-0.39, 0.29) is 18.7 Å². The second-order valence-electron chi connectivity index (χ2n) is 5.39. The summed E-state index contributed by atoms with van der Waals surface area (Å²) in [4.78, 5) is 15.7. The Hall–Kier alpha value is -1.60. The molecule has 0 unspecified atom stereocenters. The SMILES string of the molecule is CN1CCO[C@H]2CN(C(=O)c3c(F)ccc(F)c3F)C[C@@H]21. The van der Waals surface area contributed by atoms with Gasteiger partial charge in [-0.3, -0.25) is 9.69 Å². The predicted octanol–water partition coefficient (Wildman–Crippen LogP) is 1.26. The summed E-state index contributed by atoms with van der Waals surface area (Å²) in [6.07, 6.45) is -0.174. The maximum absolute atomic E-state index is 13.7. The number of carbonyl (C=O) groups excluding carboxylic acids is 1. The van der Waals surface area contributed by atoms with Crippen molar-refractivity contribution >= 4 is 5.91 Å². The molecule has 2 saturated heterocycles. The van der Waals surface area contributed by atoms with E-state index in [1.54, 1.807) is 0 Å². The molecule has 0 saturated carbocycles. The van der Waals surface area contributed by atoms with E-state index in [9.17, 15) is 18.0 Å². The molecule has 0 radical (unpaired) electrons. The summed E-state index contributed by atoms with van der Waals surface area (Å²) in [7, 11) is 1.91. The fraction of sp³-hybridized carbons (Fsp3) is 0.500. The number of hydrogen-bond donors (Lipinski definition) is 0. The van der Waals surface area contributed by atoms with Gasteiger partial charge in [-0.25, -0.2) is 13.2 Å². The molecule has 2 aliphatic rings. The second-order valence-corrected chi connectivity index (χ2v) is 5.39. The van der Waals surface area contributed by atoms with Crippen LogP contribution in [0.25, 0.3) is 0 Å². The van der Waals surface area contributed by atoms with E-state index in [0.29, 0.717) is 19.2 Å². The predicted molar refractivity (Wildman–Crippen MR) is 68.4 cm³/mol. The van der Waals surface area contributed by atoms with Crippen molar-refractivity contribution in [2.24, 2.45) is 0 Å². The van der Waals surface area contributed by atoms with Crippen LogP contribution < -0.4 is 0 Å². The number of hydrogen-bond acceptors (Lipinski definition) is 3. The van der Waals surface area contributed by atoms with E-state index < -0.39 is 28.9 Å². The van der Waals surface area contributed by atoms with E-state index in [1.807, 2.05) is 7.05 Å². The monoisotopic (exact) mass is 300 g/mol. The molecule has 1 amide bonds. The maximum Gasteiger partial charge on any atom is 0.260 e. The average molecular weight is 300 g/mol. The average Bonchev–Trinajstić information content (AvgIpc) is 2.89. The van der Waals surface area contributed by atoms with Crippen LogP contribution in [0, 0.1) is 17.5 Å². The van der Waals surface area contributed by atoms with Crippen LogP contribution in [0.2, 0.25) is 0 Å². The summed E-state index contributed by atoms with van der Waals surface area (Å²) >= 11 is 0. The first-order chi connectivity index (χ1) is 9.99. The molecule has 7 heteroatoms. The first kappa shape index (κ1) is 14.3. The van der Waals surface area contributed by atoms with Crippen molar-refractivity contribution in [3.05, 3.63) is 35.1 Å².